The lowest BCUT2D eigenvalue weighted by molar-refractivity contribution is 0.598. The van der Waals surface area contributed by atoms with Crippen LogP contribution in [0.1, 0.15) is 6.42 Å². The van der Waals surface area contributed by atoms with Crippen molar-refractivity contribution in [2.24, 2.45) is 0 Å². The fourth-order valence-electron chi connectivity index (χ4n) is 0.626. The lowest BCUT2D eigenvalue weighted by Gasteiger charge is -2.08. The molecule has 1 aliphatic heterocycles. The quantitative estimate of drug-likeness (QED) is 0.507. The van der Waals surface area contributed by atoms with E-state index in [9.17, 15) is 8.42 Å². The normalized spacial score (nSPS) is 27.5. The number of sulfone groups is 1. The summed E-state index contributed by atoms with van der Waals surface area (Å²) in [5.74, 6) is 1.42. The molecule has 0 radical (unpaired) electrons. The Morgan fingerprint density at radius 1 is 1.38 bits per heavy atom. The van der Waals surface area contributed by atoms with Gasteiger partial charge in [-0.2, -0.15) is 0 Å². The molecule has 0 aromatic rings. The molecule has 1 aliphatic rings. The van der Waals surface area contributed by atoms with Gasteiger partial charge in [-0.25, -0.2) is 8.42 Å². The zero-order valence-electron chi connectivity index (χ0n) is 4.46. The van der Waals surface area contributed by atoms with E-state index in [2.05, 4.69) is 0 Å². The Bertz CT molecular complexity index is 147. The van der Waals surface area contributed by atoms with Crippen molar-refractivity contribution < 1.29 is 8.42 Å². The summed E-state index contributed by atoms with van der Waals surface area (Å²) in [6.07, 6.45) is 0.840. The average molecular weight is 152 g/mol. The third kappa shape index (κ3) is 1.67. The first-order chi connectivity index (χ1) is 3.71. The fourth-order valence-corrected chi connectivity index (χ4v) is 3.70. The standard InChI is InChI=1S/C4H8O2S2/c5-8(6)3-1-2-7-4-8/h1-4H2. The first kappa shape index (κ1) is 6.42. The molecule has 8 heavy (non-hydrogen) atoms. The van der Waals surface area contributed by atoms with Gasteiger partial charge in [0, 0.05) is 0 Å². The lowest BCUT2D eigenvalue weighted by atomic mass is 10.6. The van der Waals surface area contributed by atoms with Gasteiger partial charge >= 0.3 is 0 Å². The molecule has 1 saturated heterocycles. The highest BCUT2D eigenvalue weighted by Crippen LogP contribution is 2.14. The summed E-state index contributed by atoms with van der Waals surface area (Å²) < 4.78 is 21.3. The Morgan fingerprint density at radius 2 is 2.12 bits per heavy atom. The Balaban J connectivity index is 2.58. The first-order valence-corrected chi connectivity index (χ1v) is 5.46. The van der Waals surface area contributed by atoms with Crippen molar-refractivity contribution in [3.63, 3.8) is 0 Å². The van der Waals surface area contributed by atoms with Crippen LogP contribution in [0.2, 0.25) is 0 Å². The molecule has 0 saturated carbocycles. The van der Waals surface area contributed by atoms with E-state index >= 15 is 0 Å². The zero-order chi connectivity index (χ0) is 6.04. The molecule has 0 aliphatic carbocycles. The summed E-state index contributed by atoms with van der Waals surface area (Å²) in [5.41, 5.74) is 0. The third-order valence-corrected chi connectivity index (χ3v) is 4.60. The molecule has 4 heteroatoms. The van der Waals surface area contributed by atoms with Crippen molar-refractivity contribution in [1.82, 2.24) is 0 Å². The lowest BCUT2D eigenvalue weighted by Crippen LogP contribution is -2.14. The summed E-state index contributed by atoms with van der Waals surface area (Å²) in [7, 11) is -2.62. The van der Waals surface area contributed by atoms with Crippen LogP contribution < -0.4 is 0 Å². The van der Waals surface area contributed by atoms with E-state index in [1.807, 2.05) is 0 Å². The SMILES string of the molecule is O=S1(=O)CCCSC1. The van der Waals surface area contributed by atoms with Crippen molar-refractivity contribution in [2.75, 3.05) is 16.6 Å². The van der Waals surface area contributed by atoms with Gasteiger partial charge in [0.15, 0.2) is 9.84 Å². The van der Waals surface area contributed by atoms with E-state index < -0.39 is 9.84 Å². The summed E-state index contributed by atoms with van der Waals surface area (Å²) in [5, 5.41) is 0.340. The Hall–Kier alpha value is 0.300. The van der Waals surface area contributed by atoms with Gasteiger partial charge in [-0.3, -0.25) is 0 Å². The molecule has 1 heterocycles. The number of hydrogen-bond acceptors (Lipinski definition) is 3. The smallest absolute Gasteiger partial charge is 0.159 e. The highest BCUT2D eigenvalue weighted by molar-refractivity contribution is 8.12. The Kier molecular flexibility index (Phi) is 1.82. The molecule has 0 aromatic heterocycles. The van der Waals surface area contributed by atoms with Gasteiger partial charge in [-0.15, -0.1) is 11.8 Å². The van der Waals surface area contributed by atoms with E-state index in [4.69, 9.17) is 0 Å². The summed E-state index contributed by atoms with van der Waals surface area (Å²) in [4.78, 5) is 0. The van der Waals surface area contributed by atoms with E-state index in [1.165, 1.54) is 11.8 Å². The molecule has 48 valence electrons. The van der Waals surface area contributed by atoms with Crippen LogP contribution in [0.3, 0.4) is 0 Å². The zero-order valence-corrected chi connectivity index (χ0v) is 6.09. The van der Waals surface area contributed by atoms with Crippen LogP contribution in [-0.4, -0.2) is 25.0 Å². The number of hydrogen-bond donors (Lipinski definition) is 0. The topological polar surface area (TPSA) is 34.1 Å². The molecule has 0 aromatic carbocycles. The van der Waals surface area contributed by atoms with E-state index in [0.717, 1.165) is 12.2 Å². The first-order valence-electron chi connectivity index (χ1n) is 2.49. The minimum Gasteiger partial charge on any atom is -0.228 e. The summed E-state index contributed by atoms with van der Waals surface area (Å²) >= 11 is 1.51. The molecule has 0 atom stereocenters. The Labute approximate surface area is 53.6 Å². The predicted octanol–water partition coefficient (Wildman–Crippen LogP) is 0.496. The Morgan fingerprint density at radius 3 is 2.38 bits per heavy atom. The van der Waals surface area contributed by atoms with Crippen LogP contribution in [0.25, 0.3) is 0 Å². The van der Waals surface area contributed by atoms with Crippen molar-refractivity contribution in [1.29, 1.82) is 0 Å². The van der Waals surface area contributed by atoms with Crippen molar-refractivity contribution in [3.05, 3.63) is 0 Å². The molecule has 0 amide bonds. The second-order valence-electron chi connectivity index (χ2n) is 1.83. The van der Waals surface area contributed by atoms with Crippen molar-refractivity contribution in [2.45, 2.75) is 6.42 Å². The van der Waals surface area contributed by atoms with Crippen molar-refractivity contribution in [3.8, 4) is 0 Å². The van der Waals surface area contributed by atoms with Crippen LogP contribution in [0, 0.1) is 0 Å². The maximum atomic E-state index is 10.6. The van der Waals surface area contributed by atoms with Gasteiger partial charge in [0.05, 0.1) is 10.8 Å². The third-order valence-electron chi connectivity index (χ3n) is 1.01. The maximum absolute atomic E-state index is 10.6. The second kappa shape index (κ2) is 2.27. The summed E-state index contributed by atoms with van der Waals surface area (Å²) in [6, 6.07) is 0. The fraction of sp³-hybridized carbons (Fsp3) is 1.00. The van der Waals surface area contributed by atoms with Crippen LogP contribution in [0.4, 0.5) is 0 Å². The molecular formula is C4H8O2S2. The average Bonchev–Trinajstić information content (AvgIpc) is 1.65. The largest absolute Gasteiger partial charge is 0.228 e. The molecule has 1 fully saturated rings. The molecule has 0 N–H and O–H groups in total. The highest BCUT2D eigenvalue weighted by atomic mass is 32.3. The number of thioether (sulfide) groups is 1. The van der Waals surface area contributed by atoms with Gasteiger partial charge in [0.25, 0.3) is 0 Å². The summed E-state index contributed by atoms with van der Waals surface area (Å²) in [6.45, 7) is 0. The highest BCUT2D eigenvalue weighted by Gasteiger charge is 2.14. The second-order valence-corrected chi connectivity index (χ2v) is 5.48. The molecule has 0 unspecified atom stereocenters. The van der Waals surface area contributed by atoms with Crippen LogP contribution >= 0.6 is 11.8 Å². The van der Waals surface area contributed by atoms with E-state index in [0.29, 0.717) is 10.8 Å². The van der Waals surface area contributed by atoms with Gasteiger partial charge in [0.2, 0.25) is 0 Å². The van der Waals surface area contributed by atoms with Gasteiger partial charge in [-0.05, 0) is 12.2 Å². The molecule has 0 spiro atoms. The monoisotopic (exact) mass is 152 g/mol. The predicted molar refractivity (Wildman–Crippen MR) is 35.7 cm³/mol. The van der Waals surface area contributed by atoms with Crippen LogP contribution in [0.5, 0.6) is 0 Å². The van der Waals surface area contributed by atoms with Gasteiger partial charge < -0.3 is 0 Å². The van der Waals surface area contributed by atoms with Gasteiger partial charge in [-0.1, -0.05) is 0 Å². The van der Waals surface area contributed by atoms with E-state index in [1.54, 1.807) is 0 Å². The molecule has 1 rings (SSSR count). The van der Waals surface area contributed by atoms with Crippen molar-refractivity contribution >= 4 is 21.6 Å². The van der Waals surface area contributed by atoms with E-state index in [-0.39, 0.29) is 0 Å². The molecule has 2 nitrogen and oxygen atoms in total. The van der Waals surface area contributed by atoms with Gasteiger partial charge in [0.1, 0.15) is 0 Å². The minimum absolute atomic E-state index is 0.340. The molecular weight excluding hydrogens is 144 g/mol. The number of rotatable bonds is 0. The molecule has 0 bridgehead atoms. The minimum atomic E-state index is -2.62. The van der Waals surface area contributed by atoms with Crippen LogP contribution in [0.15, 0.2) is 0 Å². The maximum Gasteiger partial charge on any atom is 0.159 e. The van der Waals surface area contributed by atoms with Crippen LogP contribution in [-0.2, 0) is 9.84 Å².